The van der Waals surface area contributed by atoms with Crippen LogP contribution in [0.1, 0.15) is 16.1 Å². The molecule has 2 heterocycles. The van der Waals surface area contributed by atoms with E-state index in [9.17, 15) is 0 Å². The van der Waals surface area contributed by atoms with Crippen molar-refractivity contribution in [3.63, 3.8) is 0 Å². The Bertz CT molecular complexity index is 510. The van der Waals surface area contributed by atoms with Gasteiger partial charge in [-0.05, 0) is 30.9 Å². The standard InChI is InChI=1S/C12H15N3OS/c1-8-4-5-17-10(8)7-13-12-14-9(2)6-11(15-12)16-3/h4-6H,7H2,1-3H3,(H,13,14,15). The monoisotopic (exact) mass is 249 g/mol. The molecule has 0 aromatic carbocycles. The van der Waals surface area contributed by atoms with E-state index in [4.69, 9.17) is 4.74 Å². The number of hydrogen-bond donors (Lipinski definition) is 1. The Morgan fingerprint density at radius 1 is 1.35 bits per heavy atom. The highest BCUT2D eigenvalue weighted by Crippen LogP contribution is 2.17. The van der Waals surface area contributed by atoms with Crippen molar-refractivity contribution >= 4 is 17.3 Å². The highest BCUT2D eigenvalue weighted by Gasteiger charge is 2.04. The quantitative estimate of drug-likeness (QED) is 0.905. The van der Waals surface area contributed by atoms with Crippen LogP contribution in [-0.2, 0) is 6.54 Å². The number of methoxy groups -OCH3 is 1. The molecule has 1 N–H and O–H groups in total. The minimum absolute atomic E-state index is 0.586. The van der Waals surface area contributed by atoms with E-state index < -0.39 is 0 Å². The highest BCUT2D eigenvalue weighted by atomic mass is 32.1. The predicted octanol–water partition coefficient (Wildman–Crippen LogP) is 2.78. The average molecular weight is 249 g/mol. The van der Waals surface area contributed by atoms with Crippen molar-refractivity contribution in [1.29, 1.82) is 0 Å². The summed E-state index contributed by atoms with van der Waals surface area (Å²) in [5, 5.41) is 5.30. The Morgan fingerprint density at radius 3 is 2.82 bits per heavy atom. The lowest BCUT2D eigenvalue weighted by Gasteiger charge is -2.07. The molecule has 0 radical (unpaired) electrons. The summed E-state index contributed by atoms with van der Waals surface area (Å²) in [6, 6.07) is 3.92. The Balaban J connectivity index is 2.09. The maximum absolute atomic E-state index is 5.11. The zero-order valence-corrected chi connectivity index (χ0v) is 11.0. The maximum Gasteiger partial charge on any atom is 0.226 e. The first-order valence-electron chi connectivity index (χ1n) is 5.35. The van der Waals surface area contributed by atoms with E-state index in [1.807, 2.05) is 13.0 Å². The Hall–Kier alpha value is -1.62. The van der Waals surface area contributed by atoms with E-state index in [1.54, 1.807) is 18.4 Å². The van der Waals surface area contributed by atoms with Crippen LogP contribution in [0.25, 0.3) is 0 Å². The van der Waals surface area contributed by atoms with E-state index >= 15 is 0 Å². The van der Waals surface area contributed by atoms with Crippen molar-refractivity contribution in [1.82, 2.24) is 9.97 Å². The summed E-state index contributed by atoms with van der Waals surface area (Å²) in [5.41, 5.74) is 2.18. The van der Waals surface area contributed by atoms with Gasteiger partial charge in [-0.2, -0.15) is 4.98 Å². The van der Waals surface area contributed by atoms with Gasteiger partial charge in [0.05, 0.1) is 13.7 Å². The minimum Gasteiger partial charge on any atom is -0.481 e. The average Bonchev–Trinajstić information content (AvgIpc) is 2.71. The Morgan fingerprint density at radius 2 is 2.18 bits per heavy atom. The molecule has 2 aromatic heterocycles. The van der Waals surface area contributed by atoms with Gasteiger partial charge in [-0.15, -0.1) is 11.3 Å². The summed E-state index contributed by atoms with van der Waals surface area (Å²) in [4.78, 5) is 9.85. The van der Waals surface area contributed by atoms with Gasteiger partial charge in [0.25, 0.3) is 0 Å². The van der Waals surface area contributed by atoms with Crippen molar-refractivity contribution in [3.8, 4) is 5.88 Å². The number of nitrogens with one attached hydrogen (secondary N) is 1. The van der Waals surface area contributed by atoms with Gasteiger partial charge in [-0.25, -0.2) is 4.98 Å². The summed E-state index contributed by atoms with van der Waals surface area (Å²) >= 11 is 1.73. The lowest BCUT2D eigenvalue weighted by molar-refractivity contribution is 0.397. The van der Waals surface area contributed by atoms with E-state index in [-0.39, 0.29) is 0 Å². The number of aryl methyl sites for hydroxylation is 2. The molecule has 90 valence electrons. The lowest BCUT2D eigenvalue weighted by atomic mass is 10.3. The largest absolute Gasteiger partial charge is 0.481 e. The van der Waals surface area contributed by atoms with E-state index in [1.165, 1.54) is 10.4 Å². The Kier molecular flexibility index (Phi) is 3.58. The molecule has 0 saturated carbocycles. The van der Waals surface area contributed by atoms with Gasteiger partial charge in [0.15, 0.2) is 0 Å². The molecule has 0 bridgehead atoms. The molecule has 2 rings (SSSR count). The van der Waals surface area contributed by atoms with Gasteiger partial charge in [0, 0.05) is 16.6 Å². The van der Waals surface area contributed by atoms with Crippen molar-refractivity contribution in [2.24, 2.45) is 0 Å². The van der Waals surface area contributed by atoms with Crippen LogP contribution in [0.15, 0.2) is 17.5 Å². The fourth-order valence-corrected chi connectivity index (χ4v) is 2.31. The molecule has 4 nitrogen and oxygen atoms in total. The zero-order valence-electron chi connectivity index (χ0n) is 10.2. The molecule has 0 amide bonds. The molecule has 0 aliphatic carbocycles. The number of thiophene rings is 1. The molecule has 17 heavy (non-hydrogen) atoms. The summed E-state index contributed by atoms with van der Waals surface area (Å²) < 4.78 is 5.11. The summed E-state index contributed by atoms with van der Waals surface area (Å²) in [7, 11) is 1.61. The summed E-state index contributed by atoms with van der Waals surface area (Å²) in [6.07, 6.45) is 0. The van der Waals surface area contributed by atoms with E-state index in [0.29, 0.717) is 11.8 Å². The van der Waals surface area contributed by atoms with E-state index in [0.717, 1.165) is 12.2 Å². The zero-order chi connectivity index (χ0) is 12.3. The molecule has 0 spiro atoms. The number of nitrogens with zero attached hydrogens (tertiary/aromatic N) is 2. The van der Waals surface area contributed by atoms with Crippen LogP contribution in [0.4, 0.5) is 5.95 Å². The first-order chi connectivity index (χ1) is 8.19. The third-order valence-corrected chi connectivity index (χ3v) is 3.44. The first-order valence-corrected chi connectivity index (χ1v) is 6.23. The van der Waals surface area contributed by atoms with Crippen molar-refractivity contribution in [3.05, 3.63) is 33.6 Å². The third kappa shape index (κ3) is 2.94. The number of rotatable bonds is 4. The van der Waals surface area contributed by atoms with Crippen LogP contribution in [0.5, 0.6) is 5.88 Å². The van der Waals surface area contributed by atoms with Crippen LogP contribution in [0.2, 0.25) is 0 Å². The normalized spacial score (nSPS) is 10.3. The minimum atomic E-state index is 0.586. The third-order valence-electron chi connectivity index (χ3n) is 2.42. The second-order valence-corrected chi connectivity index (χ2v) is 4.76. The molecule has 0 aliphatic heterocycles. The predicted molar refractivity (Wildman–Crippen MR) is 69.7 cm³/mol. The fraction of sp³-hybridized carbons (Fsp3) is 0.333. The summed E-state index contributed by atoms with van der Waals surface area (Å²) in [5.74, 6) is 1.19. The van der Waals surface area contributed by atoms with E-state index in [2.05, 4.69) is 33.7 Å². The molecule has 0 unspecified atom stereocenters. The van der Waals surface area contributed by atoms with Gasteiger partial charge in [-0.3, -0.25) is 0 Å². The smallest absolute Gasteiger partial charge is 0.226 e. The molecular weight excluding hydrogens is 234 g/mol. The van der Waals surface area contributed by atoms with Gasteiger partial charge in [0.2, 0.25) is 11.8 Å². The highest BCUT2D eigenvalue weighted by molar-refractivity contribution is 7.10. The molecule has 0 fully saturated rings. The first kappa shape index (κ1) is 11.9. The van der Waals surface area contributed by atoms with Crippen LogP contribution in [0.3, 0.4) is 0 Å². The summed E-state index contributed by atoms with van der Waals surface area (Å²) in [6.45, 7) is 4.77. The van der Waals surface area contributed by atoms with Crippen molar-refractivity contribution in [2.45, 2.75) is 20.4 Å². The molecular formula is C12H15N3OS. The van der Waals surface area contributed by atoms with Gasteiger partial charge in [0.1, 0.15) is 0 Å². The van der Waals surface area contributed by atoms with Gasteiger partial charge >= 0.3 is 0 Å². The van der Waals surface area contributed by atoms with Crippen LogP contribution >= 0.6 is 11.3 Å². The topological polar surface area (TPSA) is 47.0 Å². The molecule has 0 aliphatic rings. The molecule has 5 heteroatoms. The lowest BCUT2D eigenvalue weighted by Crippen LogP contribution is -2.05. The SMILES string of the molecule is COc1cc(C)nc(NCc2sccc2C)n1. The molecule has 2 aromatic rings. The second kappa shape index (κ2) is 5.14. The maximum atomic E-state index is 5.11. The number of hydrogen-bond acceptors (Lipinski definition) is 5. The van der Waals surface area contributed by atoms with Gasteiger partial charge < -0.3 is 10.1 Å². The number of anilines is 1. The van der Waals surface area contributed by atoms with Gasteiger partial charge in [-0.1, -0.05) is 0 Å². The van der Waals surface area contributed by atoms with Crippen LogP contribution in [0, 0.1) is 13.8 Å². The van der Waals surface area contributed by atoms with Crippen LogP contribution < -0.4 is 10.1 Å². The number of aromatic nitrogens is 2. The van der Waals surface area contributed by atoms with Crippen LogP contribution in [-0.4, -0.2) is 17.1 Å². The number of ether oxygens (including phenoxy) is 1. The molecule has 0 saturated heterocycles. The second-order valence-electron chi connectivity index (χ2n) is 3.76. The molecule has 0 atom stereocenters. The fourth-order valence-electron chi connectivity index (χ4n) is 1.47. The van der Waals surface area contributed by atoms with Crippen molar-refractivity contribution < 1.29 is 4.74 Å². The van der Waals surface area contributed by atoms with Crippen molar-refractivity contribution in [2.75, 3.05) is 12.4 Å². The Labute approximate surface area is 105 Å².